The van der Waals surface area contributed by atoms with E-state index in [4.69, 9.17) is 15.5 Å². The fourth-order valence-electron chi connectivity index (χ4n) is 5.13. The van der Waals surface area contributed by atoms with Crippen molar-refractivity contribution in [1.82, 2.24) is 4.98 Å². The first-order chi connectivity index (χ1) is 17.0. The predicted octanol–water partition coefficient (Wildman–Crippen LogP) is 6.53. The zero-order chi connectivity index (χ0) is 24.4. The van der Waals surface area contributed by atoms with Crippen LogP contribution in [0.4, 0.5) is 0 Å². The van der Waals surface area contributed by atoms with Crippen molar-refractivity contribution >= 4 is 37.6 Å². The second-order valence-electron chi connectivity index (χ2n) is 8.76. The van der Waals surface area contributed by atoms with Crippen molar-refractivity contribution in [3.05, 3.63) is 118 Å². The maximum absolute atomic E-state index is 12.7. The number of aliphatic hydroxyl groups is 1. The summed E-state index contributed by atoms with van der Waals surface area (Å²) in [5.74, 6) is 0.0215. The molecule has 176 valence electrons. The summed E-state index contributed by atoms with van der Waals surface area (Å²) in [6.45, 7) is 0.317. The topological polar surface area (TPSA) is 68.4 Å². The third-order valence-electron chi connectivity index (χ3n) is 6.67. The van der Waals surface area contributed by atoms with Gasteiger partial charge in [0.2, 0.25) is 5.88 Å². The molecule has 1 aromatic heterocycles. The molecule has 1 heterocycles. The largest absolute Gasteiger partial charge is 0.481 e. The Labute approximate surface area is 213 Å². The van der Waals surface area contributed by atoms with E-state index in [1.807, 2.05) is 72.8 Å². The average Bonchev–Trinajstić information content (AvgIpc) is 2.89. The molecule has 0 aliphatic carbocycles. The lowest BCUT2D eigenvalue weighted by atomic mass is 9.70. The minimum Gasteiger partial charge on any atom is -0.481 e. The number of methoxy groups -OCH3 is 1. The number of hydrogen-bond donors (Lipinski definition) is 2. The molecule has 5 heteroatoms. The molecule has 0 aliphatic rings. The molecule has 2 atom stereocenters. The molecular weight excluding hydrogens is 500 g/mol. The van der Waals surface area contributed by atoms with E-state index >= 15 is 0 Å². The summed E-state index contributed by atoms with van der Waals surface area (Å²) in [5, 5.41) is 15.8. The average molecular weight is 527 g/mol. The summed E-state index contributed by atoms with van der Waals surface area (Å²) in [6, 6.07) is 32.3. The summed E-state index contributed by atoms with van der Waals surface area (Å²) in [6.07, 6.45) is 0.361. The normalized spacial score (nSPS) is 14.1. The lowest BCUT2D eigenvalue weighted by molar-refractivity contribution is 0.0134. The predicted molar refractivity (Wildman–Crippen MR) is 146 cm³/mol. The van der Waals surface area contributed by atoms with Crippen LogP contribution in [-0.4, -0.2) is 23.7 Å². The molecule has 4 aromatic carbocycles. The van der Waals surface area contributed by atoms with E-state index in [0.29, 0.717) is 18.8 Å². The molecule has 35 heavy (non-hydrogen) atoms. The Bertz CT molecular complexity index is 1480. The molecule has 5 rings (SSSR count). The number of aromatic nitrogens is 1. The van der Waals surface area contributed by atoms with Gasteiger partial charge in [-0.2, -0.15) is 0 Å². The van der Waals surface area contributed by atoms with Gasteiger partial charge >= 0.3 is 0 Å². The molecule has 0 unspecified atom stereocenters. The third kappa shape index (κ3) is 4.31. The first-order valence-corrected chi connectivity index (χ1v) is 12.4. The van der Waals surface area contributed by atoms with Crippen molar-refractivity contribution in [3.8, 4) is 5.88 Å². The van der Waals surface area contributed by atoms with Gasteiger partial charge in [0.1, 0.15) is 5.60 Å². The Hall–Kier alpha value is -3.25. The molecule has 5 aromatic rings. The van der Waals surface area contributed by atoms with E-state index in [1.165, 1.54) is 0 Å². The summed E-state index contributed by atoms with van der Waals surface area (Å²) < 4.78 is 6.78. The molecule has 0 saturated carbocycles. The van der Waals surface area contributed by atoms with Crippen LogP contribution >= 0.6 is 15.9 Å². The van der Waals surface area contributed by atoms with E-state index < -0.39 is 11.5 Å². The zero-order valence-corrected chi connectivity index (χ0v) is 21.1. The summed E-state index contributed by atoms with van der Waals surface area (Å²) in [7, 11) is 1.62. The minimum absolute atomic E-state index is 0.317. The number of nitrogens with two attached hydrogens (primary N) is 1. The fraction of sp³-hybridized carbons (Fsp3) is 0.167. The van der Waals surface area contributed by atoms with Gasteiger partial charge in [-0.3, -0.25) is 0 Å². The van der Waals surface area contributed by atoms with E-state index in [0.717, 1.165) is 42.8 Å². The Morgan fingerprint density at radius 3 is 2.43 bits per heavy atom. The Morgan fingerprint density at radius 1 is 0.914 bits per heavy atom. The van der Waals surface area contributed by atoms with Crippen LogP contribution in [0.2, 0.25) is 0 Å². The van der Waals surface area contributed by atoms with E-state index in [-0.39, 0.29) is 0 Å². The van der Waals surface area contributed by atoms with Crippen LogP contribution < -0.4 is 10.5 Å². The fourth-order valence-corrected chi connectivity index (χ4v) is 5.51. The van der Waals surface area contributed by atoms with Gasteiger partial charge in [0.15, 0.2) is 0 Å². The van der Waals surface area contributed by atoms with Crippen LogP contribution in [0, 0.1) is 0 Å². The second kappa shape index (κ2) is 9.78. The van der Waals surface area contributed by atoms with E-state index in [9.17, 15) is 5.11 Å². The van der Waals surface area contributed by atoms with Crippen LogP contribution in [0.5, 0.6) is 5.88 Å². The first-order valence-electron chi connectivity index (χ1n) is 11.6. The lowest BCUT2D eigenvalue weighted by Crippen LogP contribution is -2.37. The molecule has 0 bridgehead atoms. The number of benzene rings is 4. The van der Waals surface area contributed by atoms with Crippen molar-refractivity contribution in [2.24, 2.45) is 5.73 Å². The van der Waals surface area contributed by atoms with Gasteiger partial charge in [-0.1, -0.05) is 88.7 Å². The molecular formula is C30H27BrN2O2. The second-order valence-corrected chi connectivity index (χ2v) is 9.67. The van der Waals surface area contributed by atoms with Crippen molar-refractivity contribution in [2.45, 2.75) is 17.9 Å². The number of pyridine rings is 1. The molecule has 4 nitrogen and oxygen atoms in total. The van der Waals surface area contributed by atoms with Crippen molar-refractivity contribution in [3.63, 3.8) is 0 Å². The van der Waals surface area contributed by atoms with Crippen molar-refractivity contribution in [2.75, 3.05) is 13.7 Å². The van der Waals surface area contributed by atoms with Gasteiger partial charge in [0.25, 0.3) is 0 Å². The van der Waals surface area contributed by atoms with Crippen molar-refractivity contribution < 1.29 is 9.84 Å². The number of ether oxygens (including phenoxy) is 1. The SMILES string of the molecule is COc1nc2ccc(Br)cc2cc1[C@@H](c1ccccc1)[C@@](O)(CCN)c1cccc2ccccc12. The molecule has 0 spiro atoms. The summed E-state index contributed by atoms with van der Waals surface area (Å²) in [4.78, 5) is 4.83. The number of rotatable bonds is 7. The van der Waals surface area contributed by atoms with E-state index in [1.54, 1.807) is 7.11 Å². The maximum atomic E-state index is 12.7. The van der Waals surface area contributed by atoms with Gasteiger partial charge in [-0.25, -0.2) is 4.98 Å². The maximum Gasteiger partial charge on any atom is 0.217 e. The quantitative estimate of drug-likeness (QED) is 0.253. The Balaban J connectivity index is 1.85. The number of fused-ring (bicyclic) bond motifs is 2. The van der Waals surface area contributed by atoms with Crippen LogP contribution in [-0.2, 0) is 5.60 Å². The monoisotopic (exact) mass is 526 g/mol. The third-order valence-corrected chi connectivity index (χ3v) is 7.16. The Morgan fingerprint density at radius 2 is 1.66 bits per heavy atom. The lowest BCUT2D eigenvalue weighted by Gasteiger charge is -2.38. The number of nitrogens with zero attached hydrogens (tertiary/aromatic N) is 1. The number of halogens is 1. The summed E-state index contributed by atoms with van der Waals surface area (Å²) in [5.41, 5.74) is 8.29. The molecule has 3 N–H and O–H groups in total. The van der Waals surface area contributed by atoms with Crippen LogP contribution in [0.15, 0.2) is 102 Å². The smallest absolute Gasteiger partial charge is 0.217 e. The first kappa shape index (κ1) is 23.5. The highest BCUT2D eigenvalue weighted by Crippen LogP contribution is 2.48. The van der Waals surface area contributed by atoms with Crippen LogP contribution in [0.3, 0.4) is 0 Å². The highest BCUT2D eigenvalue weighted by Gasteiger charge is 2.42. The molecule has 0 aliphatic heterocycles. The molecule has 0 radical (unpaired) electrons. The summed E-state index contributed by atoms with van der Waals surface area (Å²) >= 11 is 3.58. The van der Waals surface area contributed by atoms with Gasteiger partial charge in [0.05, 0.1) is 12.6 Å². The highest BCUT2D eigenvalue weighted by atomic mass is 79.9. The molecule has 0 fully saturated rings. The minimum atomic E-state index is -1.31. The van der Waals surface area contributed by atoms with Gasteiger partial charge in [0, 0.05) is 21.3 Å². The van der Waals surface area contributed by atoms with Gasteiger partial charge < -0.3 is 15.6 Å². The number of hydrogen-bond acceptors (Lipinski definition) is 4. The van der Waals surface area contributed by atoms with Gasteiger partial charge in [-0.15, -0.1) is 0 Å². The standard InChI is InChI=1S/C30H27BrN2O2/c1-35-29-25(19-22-18-23(31)14-15-27(22)33-29)28(21-9-3-2-4-10-21)30(34,16-17-32)26-13-7-11-20-8-5-6-12-24(20)26/h2-15,18-19,28,34H,16-17,32H2,1H3/t28-,30-/m1/s1. The van der Waals surface area contributed by atoms with E-state index in [2.05, 4.69) is 40.2 Å². The van der Waals surface area contributed by atoms with Crippen molar-refractivity contribution in [1.29, 1.82) is 0 Å². The van der Waals surface area contributed by atoms with Crippen LogP contribution in [0.1, 0.15) is 29.0 Å². The Kier molecular flexibility index (Phi) is 6.56. The highest BCUT2D eigenvalue weighted by molar-refractivity contribution is 9.10. The molecule has 0 amide bonds. The van der Waals surface area contributed by atoms with Crippen LogP contribution in [0.25, 0.3) is 21.7 Å². The van der Waals surface area contributed by atoms with Gasteiger partial charge in [-0.05, 0) is 59.1 Å². The molecule has 0 saturated heterocycles. The zero-order valence-electron chi connectivity index (χ0n) is 19.5.